The summed E-state index contributed by atoms with van der Waals surface area (Å²) in [6.07, 6.45) is 3.54. The first-order valence-electron chi connectivity index (χ1n) is 9.95. The van der Waals surface area contributed by atoms with Gasteiger partial charge in [-0.25, -0.2) is 0 Å². The molecular formula is C20H29N5O5S. The molecule has 2 aromatic rings. The summed E-state index contributed by atoms with van der Waals surface area (Å²) in [5, 5.41) is 7.02. The number of ether oxygens (including phenoxy) is 2. The molecule has 1 amide bonds. The fourth-order valence-electron chi connectivity index (χ4n) is 3.52. The van der Waals surface area contributed by atoms with Gasteiger partial charge in [-0.3, -0.25) is 9.48 Å². The van der Waals surface area contributed by atoms with Gasteiger partial charge in [0.15, 0.2) is 11.5 Å². The van der Waals surface area contributed by atoms with E-state index in [0.717, 1.165) is 10.8 Å². The van der Waals surface area contributed by atoms with E-state index in [1.54, 1.807) is 35.3 Å². The number of carbonyl (C=O) groups excluding carboxylic acids is 1. The number of aromatic nitrogens is 2. The second-order valence-electron chi connectivity index (χ2n) is 7.89. The van der Waals surface area contributed by atoms with Crippen LogP contribution in [-0.4, -0.2) is 55.7 Å². The van der Waals surface area contributed by atoms with E-state index in [1.165, 1.54) is 21.3 Å². The maximum Gasteiger partial charge on any atom is 0.280 e. The highest BCUT2D eigenvalue weighted by Gasteiger charge is 2.41. The van der Waals surface area contributed by atoms with Crippen molar-refractivity contribution in [2.75, 3.05) is 26.6 Å². The third kappa shape index (κ3) is 5.17. The van der Waals surface area contributed by atoms with Crippen LogP contribution >= 0.6 is 0 Å². The van der Waals surface area contributed by atoms with Crippen LogP contribution < -0.4 is 19.5 Å². The number of amides is 1. The van der Waals surface area contributed by atoms with Gasteiger partial charge in [0, 0.05) is 19.8 Å². The van der Waals surface area contributed by atoms with E-state index < -0.39 is 28.2 Å². The minimum Gasteiger partial charge on any atom is -0.493 e. The van der Waals surface area contributed by atoms with Crippen molar-refractivity contribution in [3.63, 3.8) is 0 Å². The first kappa shape index (κ1) is 23.0. The zero-order chi connectivity index (χ0) is 22.8. The fraction of sp³-hybridized carbons (Fsp3) is 0.500. The van der Waals surface area contributed by atoms with Crippen molar-refractivity contribution < 1.29 is 22.7 Å². The summed E-state index contributed by atoms with van der Waals surface area (Å²) in [5.41, 5.74) is 1.20. The van der Waals surface area contributed by atoms with Crippen LogP contribution in [0.25, 0.3) is 0 Å². The third-order valence-electron chi connectivity index (χ3n) is 5.13. The molecule has 0 bridgehead atoms. The number of nitrogens with zero attached hydrogens (tertiary/aromatic N) is 3. The Kier molecular flexibility index (Phi) is 6.87. The molecule has 2 atom stereocenters. The monoisotopic (exact) mass is 451 g/mol. The first-order valence-corrected chi connectivity index (χ1v) is 11.4. The van der Waals surface area contributed by atoms with Crippen molar-refractivity contribution in [3.8, 4) is 11.5 Å². The zero-order valence-corrected chi connectivity index (χ0v) is 19.1. The van der Waals surface area contributed by atoms with Crippen molar-refractivity contribution in [3.05, 3.63) is 36.2 Å². The lowest BCUT2D eigenvalue weighted by atomic mass is 9.99. The Morgan fingerprint density at radius 3 is 2.65 bits per heavy atom. The predicted molar refractivity (Wildman–Crippen MR) is 116 cm³/mol. The molecule has 31 heavy (non-hydrogen) atoms. The van der Waals surface area contributed by atoms with E-state index in [1.807, 2.05) is 0 Å². The maximum atomic E-state index is 13.0. The Labute approximate surface area is 182 Å². The molecule has 1 saturated heterocycles. The lowest BCUT2D eigenvalue weighted by Gasteiger charge is -2.36. The molecule has 2 N–H and O–H groups in total. The van der Waals surface area contributed by atoms with Crippen LogP contribution in [0.2, 0.25) is 0 Å². The summed E-state index contributed by atoms with van der Waals surface area (Å²) < 4.78 is 41.4. The molecule has 0 saturated carbocycles. The zero-order valence-electron chi connectivity index (χ0n) is 18.3. The average Bonchev–Trinajstić information content (AvgIpc) is 3.14. The predicted octanol–water partition coefficient (Wildman–Crippen LogP) is 1.77. The number of nitrogens with one attached hydrogen (secondary N) is 2. The van der Waals surface area contributed by atoms with E-state index in [2.05, 4.69) is 29.0 Å². The van der Waals surface area contributed by atoms with E-state index >= 15 is 0 Å². The van der Waals surface area contributed by atoms with Crippen LogP contribution in [0.3, 0.4) is 0 Å². The smallest absolute Gasteiger partial charge is 0.280 e. The van der Waals surface area contributed by atoms with E-state index in [4.69, 9.17) is 9.47 Å². The molecule has 1 aliphatic heterocycles. The van der Waals surface area contributed by atoms with Gasteiger partial charge in [-0.05, 0) is 30.0 Å². The second kappa shape index (κ2) is 9.25. The van der Waals surface area contributed by atoms with Crippen LogP contribution in [0.15, 0.2) is 30.6 Å². The van der Waals surface area contributed by atoms with Crippen molar-refractivity contribution in [1.29, 1.82) is 0 Å². The molecule has 10 nitrogen and oxygen atoms in total. The Balaban J connectivity index is 1.81. The number of likely N-dealkylation sites (N-methyl/N-ethyl adjacent to an activating group) is 1. The van der Waals surface area contributed by atoms with Gasteiger partial charge in [0.1, 0.15) is 6.04 Å². The van der Waals surface area contributed by atoms with Gasteiger partial charge in [0.05, 0.1) is 32.1 Å². The molecular weight excluding hydrogens is 422 g/mol. The Bertz CT molecular complexity index is 1040. The molecule has 1 fully saturated rings. The molecule has 0 radical (unpaired) electrons. The lowest BCUT2D eigenvalue weighted by Crippen LogP contribution is -2.55. The normalized spacial score (nSPS) is 21.1. The summed E-state index contributed by atoms with van der Waals surface area (Å²) in [6, 6.07) is 3.68. The largest absolute Gasteiger partial charge is 0.493 e. The van der Waals surface area contributed by atoms with Gasteiger partial charge in [0.2, 0.25) is 5.91 Å². The minimum absolute atomic E-state index is 0.247. The highest BCUT2D eigenvalue weighted by atomic mass is 32.2. The van der Waals surface area contributed by atoms with Gasteiger partial charge in [-0.1, -0.05) is 19.9 Å². The van der Waals surface area contributed by atoms with Crippen LogP contribution in [0.4, 0.5) is 5.69 Å². The third-order valence-corrected chi connectivity index (χ3v) is 6.73. The van der Waals surface area contributed by atoms with Crippen LogP contribution in [0, 0.1) is 5.92 Å². The van der Waals surface area contributed by atoms with Crippen LogP contribution in [0.1, 0.15) is 31.9 Å². The summed E-state index contributed by atoms with van der Waals surface area (Å²) >= 11 is 0. The molecule has 1 aromatic carbocycles. The first-order chi connectivity index (χ1) is 14.6. The average molecular weight is 452 g/mol. The SMILES string of the molecule is COc1ccc(C2CC(C(=O)Nc3cnn(CC(C)C)c3)N(C)S(=O)(=O)N2)cc1OC. The van der Waals surface area contributed by atoms with E-state index in [9.17, 15) is 13.2 Å². The van der Waals surface area contributed by atoms with E-state index in [0.29, 0.717) is 28.7 Å². The topological polar surface area (TPSA) is 115 Å². The van der Waals surface area contributed by atoms with Crippen molar-refractivity contribution in [2.45, 2.75) is 38.9 Å². The number of hydrogen-bond acceptors (Lipinski definition) is 6. The summed E-state index contributed by atoms with van der Waals surface area (Å²) in [7, 11) is 0.564. The standard InChI is InChI=1S/C20H29N5O5S/c1-13(2)11-25-12-15(10-21-25)22-20(26)17-9-16(23-31(27,28)24(17)3)14-6-7-18(29-4)19(8-14)30-5/h6-8,10,12-13,16-17,23H,9,11H2,1-5H3,(H,22,26). The number of carbonyl (C=O) groups is 1. The summed E-state index contributed by atoms with van der Waals surface area (Å²) in [4.78, 5) is 13.0. The van der Waals surface area contributed by atoms with Gasteiger partial charge >= 0.3 is 0 Å². The van der Waals surface area contributed by atoms with Crippen molar-refractivity contribution >= 4 is 21.8 Å². The van der Waals surface area contributed by atoms with Gasteiger partial charge < -0.3 is 14.8 Å². The molecule has 3 rings (SSSR count). The second-order valence-corrected chi connectivity index (χ2v) is 9.65. The molecule has 1 aromatic heterocycles. The van der Waals surface area contributed by atoms with Gasteiger partial charge in [0.25, 0.3) is 10.2 Å². The fourth-order valence-corrected chi connectivity index (χ4v) is 4.80. The van der Waals surface area contributed by atoms with Crippen LogP contribution in [0.5, 0.6) is 11.5 Å². The molecule has 1 aliphatic rings. The number of methoxy groups -OCH3 is 2. The minimum atomic E-state index is -3.86. The molecule has 0 aliphatic carbocycles. The number of benzene rings is 1. The highest BCUT2D eigenvalue weighted by molar-refractivity contribution is 7.87. The van der Waals surface area contributed by atoms with Gasteiger partial charge in [-0.2, -0.15) is 22.5 Å². The molecule has 2 unspecified atom stereocenters. The van der Waals surface area contributed by atoms with Crippen molar-refractivity contribution in [2.24, 2.45) is 5.92 Å². The highest BCUT2D eigenvalue weighted by Crippen LogP contribution is 2.34. The molecule has 2 heterocycles. The quantitative estimate of drug-likeness (QED) is 0.663. The summed E-state index contributed by atoms with van der Waals surface area (Å²) in [5.74, 6) is 1.01. The Morgan fingerprint density at radius 2 is 2.00 bits per heavy atom. The lowest BCUT2D eigenvalue weighted by molar-refractivity contribution is -0.120. The number of anilines is 1. The van der Waals surface area contributed by atoms with E-state index in [-0.39, 0.29) is 6.42 Å². The number of rotatable bonds is 7. The van der Waals surface area contributed by atoms with Crippen LogP contribution in [-0.2, 0) is 21.5 Å². The van der Waals surface area contributed by atoms with Gasteiger partial charge in [-0.15, -0.1) is 0 Å². The number of hydrogen-bond donors (Lipinski definition) is 2. The Hall–Kier alpha value is -2.63. The Morgan fingerprint density at radius 1 is 1.29 bits per heavy atom. The van der Waals surface area contributed by atoms with Crippen molar-refractivity contribution in [1.82, 2.24) is 18.8 Å². The summed E-state index contributed by atoms with van der Waals surface area (Å²) in [6.45, 7) is 4.87. The molecule has 0 spiro atoms. The maximum absolute atomic E-state index is 13.0. The molecule has 11 heteroatoms. The molecule has 170 valence electrons.